The standard InChI is InChI=1S/C13H16N4O2S/c1-8(14)11-7-20-13(16-11)17-12(18)15-9-3-5-10(19-2)6-4-9/h3-8H,14H2,1-2H3,(H2,15,16,17,18). The smallest absolute Gasteiger partial charge is 0.325 e. The highest BCUT2D eigenvalue weighted by Crippen LogP contribution is 2.20. The molecule has 0 spiro atoms. The van der Waals surface area contributed by atoms with Gasteiger partial charge >= 0.3 is 6.03 Å². The lowest BCUT2D eigenvalue weighted by Gasteiger charge is -2.06. The molecular formula is C13H16N4O2S. The van der Waals surface area contributed by atoms with Crippen LogP contribution in [0.3, 0.4) is 0 Å². The maximum atomic E-state index is 11.8. The molecule has 0 aliphatic carbocycles. The van der Waals surface area contributed by atoms with Gasteiger partial charge in [-0.1, -0.05) is 0 Å². The lowest BCUT2D eigenvalue weighted by atomic mass is 10.3. The van der Waals surface area contributed by atoms with Gasteiger partial charge < -0.3 is 15.8 Å². The van der Waals surface area contributed by atoms with E-state index in [1.807, 2.05) is 12.3 Å². The summed E-state index contributed by atoms with van der Waals surface area (Å²) in [7, 11) is 1.59. The Morgan fingerprint density at radius 2 is 2.05 bits per heavy atom. The third kappa shape index (κ3) is 3.69. The second-order valence-corrected chi connectivity index (χ2v) is 5.03. The Hall–Kier alpha value is -2.12. The molecule has 0 aliphatic heterocycles. The molecule has 2 amide bonds. The fourth-order valence-corrected chi connectivity index (χ4v) is 2.30. The van der Waals surface area contributed by atoms with Crippen LogP contribution in [0, 0.1) is 0 Å². The summed E-state index contributed by atoms with van der Waals surface area (Å²) in [5.74, 6) is 0.734. The highest BCUT2D eigenvalue weighted by molar-refractivity contribution is 7.13. The SMILES string of the molecule is COc1ccc(NC(=O)Nc2nc(C(C)N)cs2)cc1. The summed E-state index contributed by atoms with van der Waals surface area (Å²) in [6.45, 7) is 1.84. The van der Waals surface area contributed by atoms with E-state index in [0.29, 0.717) is 10.8 Å². The van der Waals surface area contributed by atoms with Crippen LogP contribution in [0.2, 0.25) is 0 Å². The molecule has 1 atom stereocenters. The van der Waals surface area contributed by atoms with E-state index in [1.54, 1.807) is 31.4 Å². The molecule has 0 radical (unpaired) electrons. The van der Waals surface area contributed by atoms with Crippen LogP contribution in [0.4, 0.5) is 15.6 Å². The number of thiazole rings is 1. The first kappa shape index (κ1) is 14.3. The number of nitrogens with one attached hydrogen (secondary N) is 2. The molecule has 0 aliphatic rings. The Balaban J connectivity index is 1.93. The van der Waals surface area contributed by atoms with Crippen LogP contribution in [0.5, 0.6) is 5.75 Å². The molecule has 4 N–H and O–H groups in total. The predicted octanol–water partition coefficient (Wildman–Crippen LogP) is 2.82. The number of nitrogens with zero attached hydrogens (tertiary/aromatic N) is 1. The molecule has 2 rings (SSSR count). The highest BCUT2D eigenvalue weighted by Gasteiger charge is 2.09. The minimum atomic E-state index is -0.347. The molecular weight excluding hydrogens is 276 g/mol. The molecule has 1 heterocycles. The number of hydrogen-bond donors (Lipinski definition) is 3. The topological polar surface area (TPSA) is 89.3 Å². The van der Waals surface area contributed by atoms with Crippen LogP contribution in [0.1, 0.15) is 18.7 Å². The van der Waals surface area contributed by atoms with E-state index >= 15 is 0 Å². The van der Waals surface area contributed by atoms with Gasteiger partial charge in [0.1, 0.15) is 5.75 Å². The number of rotatable bonds is 4. The van der Waals surface area contributed by atoms with E-state index in [-0.39, 0.29) is 12.1 Å². The van der Waals surface area contributed by atoms with Crippen molar-refractivity contribution in [3.63, 3.8) is 0 Å². The van der Waals surface area contributed by atoms with Gasteiger partial charge in [0.25, 0.3) is 0 Å². The van der Waals surface area contributed by atoms with Crippen molar-refractivity contribution in [2.24, 2.45) is 5.73 Å². The highest BCUT2D eigenvalue weighted by atomic mass is 32.1. The van der Waals surface area contributed by atoms with E-state index in [9.17, 15) is 4.79 Å². The predicted molar refractivity (Wildman–Crippen MR) is 80.4 cm³/mol. The maximum Gasteiger partial charge on any atom is 0.325 e. The van der Waals surface area contributed by atoms with Gasteiger partial charge in [0.2, 0.25) is 0 Å². The van der Waals surface area contributed by atoms with E-state index < -0.39 is 0 Å². The first-order valence-corrected chi connectivity index (χ1v) is 6.89. The molecule has 1 aromatic heterocycles. The van der Waals surface area contributed by atoms with Crippen molar-refractivity contribution in [2.75, 3.05) is 17.7 Å². The molecule has 0 saturated heterocycles. The fraction of sp³-hybridized carbons (Fsp3) is 0.231. The number of carbonyl (C=O) groups is 1. The van der Waals surface area contributed by atoms with Gasteiger partial charge in [0, 0.05) is 17.1 Å². The van der Waals surface area contributed by atoms with Crippen LogP contribution in [0.15, 0.2) is 29.6 Å². The molecule has 20 heavy (non-hydrogen) atoms. The summed E-state index contributed by atoms with van der Waals surface area (Å²) in [5.41, 5.74) is 7.15. The molecule has 106 valence electrons. The van der Waals surface area contributed by atoms with E-state index in [0.717, 1.165) is 11.4 Å². The van der Waals surface area contributed by atoms with Gasteiger partial charge in [0.15, 0.2) is 5.13 Å². The van der Waals surface area contributed by atoms with Crippen molar-refractivity contribution < 1.29 is 9.53 Å². The Bertz CT molecular complexity index is 580. The molecule has 0 bridgehead atoms. The zero-order valence-electron chi connectivity index (χ0n) is 11.2. The summed E-state index contributed by atoms with van der Waals surface area (Å²) < 4.78 is 5.05. The summed E-state index contributed by atoms with van der Waals surface area (Å²) in [6.07, 6.45) is 0. The van der Waals surface area contributed by atoms with E-state index in [2.05, 4.69) is 15.6 Å². The van der Waals surface area contributed by atoms with Gasteiger partial charge in [-0.15, -0.1) is 11.3 Å². The number of amides is 2. The Kier molecular flexibility index (Phi) is 4.54. The third-order valence-electron chi connectivity index (χ3n) is 2.56. The van der Waals surface area contributed by atoms with Crippen LogP contribution < -0.4 is 21.1 Å². The Morgan fingerprint density at radius 3 is 2.60 bits per heavy atom. The first-order valence-electron chi connectivity index (χ1n) is 6.01. The quantitative estimate of drug-likeness (QED) is 0.808. The number of aromatic nitrogens is 1. The van der Waals surface area contributed by atoms with Crippen LogP contribution >= 0.6 is 11.3 Å². The summed E-state index contributed by atoms with van der Waals surface area (Å²) >= 11 is 1.34. The largest absolute Gasteiger partial charge is 0.497 e. The number of urea groups is 1. The number of methoxy groups -OCH3 is 1. The Labute approximate surface area is 121 Å². The lowest BCUT2D eigenvalue weighted by molar-refractivity contribution is 0.262. The first-order chi connectivity index (χ1) is 9.58. The van der Waals surface area contributed by atoms with Crippen LogP contribution in [-0.2, 0) is 0 Å². The average Bonchev–Trinajstić information content (AvgIpc) is 2.88. The fourth-order valence-electron chi connectivity index (χ4n) is 1.49. The van der Waals surface area contributed by atoms with Crippen LogP contribution in [-0.4, -0.2) is 18.1 Å². The van der Waals surface area contributed by atoms with E-state index in [4.69, 9.17) is 10.5 Å². The Morgan fingerprint density at radius 1 is 1.35 bits per heavy atom. The van der Waals surface area contributed by atoms with Crippen molar-refractivity contribution in [3.8, 4) is 5.75 Å². The molecule has 0 saturated carbocycles. The van der Waals surface area contributed by atoms with Crippen molar-refractivity contribution in [1.82, 2.24) is 4.98 Å². The molecule has 1 aromatic carbocycles. The summed E-state index contributed by atoms with van der Waals surface area (Å²) in [4.78, 5) is 16.0. The number of hydrogen-bond acceptors (Lipinski definition) is 5. The van der Waals surface area contributed by atoms with Crippen molar-refractivity contribution in [1.29, 1.82) is 0 Å². The van der Waals surface area contributed by atoms with Crippen LogP contribution in [0.25, 0.3) is 0 Å². The average molecular weight is 292 g/mol. The molecule has 2 aromatic rings. The normalized spacial score (nSPS) is 11.8. The summed E-state index contributed by atoms with van der Waals surface area (Å²) in [6, 6.07) is 6.56. The van der Waals surface area contributed by atoms with Gasteiger partial charge in [-0.3, -0.25) is 5.32 Å². The number of anilines is 2. The lowest BCUT2D eigenvalue weighted by Crippen LogP contribution is -2.19. The van der Waals surface area contributed by atoms with Gasteiger partial charge in [-0.25, -0.2) is 9.78 Å². The molecule has 6 nitrogen and oxygen atoms in total. The van der Waals surface area contributed by atoms with E-state index in [1.165, 1.54) is 11.3 Å². The molecule has 7 heteroatoms. The molecule has 1 unspecified atom stereocenters. The zero-order chi connectivity index (χ0) is 14.5. The zero-order valence-corrected chi connectivity index (χ0v) is 12.0. The number of ether oxygens (including phenoxy) is 1. The van der Waals surface area contributed by atoms with Crippen molar-refractivity contribution in [2.45, 2.75) is 13.0 Å². The van der Waals surface area contributed by atoms with Crippen molar-refractivity contribution >= 4 is 28.2 Å². The number of carbonyl (C=O) groups excluding carboxylic acids is 1. The second kappa shape index (κ2) is 6.36. The van der Waals surface area contributed by atoms with Gasteiger partial charge in [-0.2, -0.15) is 0 Å². The minimum absolute atomic E-state index is 0.147. The second-order valence-electron chi connectivity index (χ2n) is 4.17. The minimum Gasteiger partial charge on any atom is -0.497 e. The monoisotopic (exact) mass is 292 g/mol. The number of nitrogens with two attached hydrogens (primary N) is 1. The van der Waals surface area contributed by atoms with Gasteiger partial charge in [-0.05, 0) is 31.2 Å². The third-order valence-corrected chi connectivity index (χ3v) is 3.33. The number of benzene rings is 1. The molecule has 0 fully saturated rings. The summed E-state index contributed by atoms with van der Waals surface area (Å²) in [5, 5.41) is 7.72. The van der Waals surface area contributed by atoms with Gasteiger partial charge in [0.05, 0.1) is 12.8 Å². The van der Waals surface area contributed by atoms with Crippen molar-refractivity contribution in [3.05, 3.63) is 35.3 Å². The maximum absolute atomic E-state index is 11.8.